The molecule has 2 aromatic rings. The number of phenolic OH excluding ortho intramolecular Hbond substituents is 1. The van der Waals surface area contributed by atoms with Crippen molar-refractivity contribution in [1.82, 2.24) is 0 Å². The van der Waals surface area contributed by atoms with Gasteiger partial charge >= 0.3 is 0 Å². The summed E-state index contributed by atoms with van der Waals surface area (Å²) < 4.78 is 0. The molecule has 0 amide bonds. The fraction of sp³-hybridized carbons (Fsp3) is 0.333. The molecular weight excluding hydrogens is 246 g/mol. The average molecular weight is 265 g/mol. The van der Waals surface area contributed by atoms with Gasteiger partial charge in [-0.3, -0.25) is 0 Å². The Morgan fingerprint density at radius 1 is 1.25 bits per heavy atom. The molecule has 2 nitrogen and oxygen atoms in total. The van der Waals surface area contributed by atoms with Gasteiger partial charge in [-0.1, -0.05) is 24.3 Å². The Bertz CT molecular complexity index is 734. The van der Waals surface area contributed by atoms with Crippen LogP contribution in [0.3, 0.4) is 0 Å². The Labute approximate surface area is 119 Å². The van der Waals surface area contributed by atoms with E-state index in [0.29, 0.717) is 11.7 Å². The second-order valence-corrected chi connectivity index (χ2v) is 6.37. The van der Waals surface area contributed by atoms with E-state index < -0.39 is 0 Å². The molecule has 1 aliphatic carbocycles. The molecule has 2 heteroatoms. The Kier molecular flexibility index (Phi) is 2.11. The number of fused-ring (bicyclic) bond motifs is 5. The van der Waals surface area contributed by atoms with Crippen molar-refractivity contribution >= 4 is 5.69 Å². The fourth-order valence-electron chi connectivity index (χ4n) is 4.18. The summed E-state index contributed by atoms with van der Waals surface area (Å²) in [7, 11) is 0. The van der Waals surface area contributed by atoms with Gasteiger partial charge in [0, 0.05) is 11.6 Å². The van der Waals surface area contributed by atoms with Gasteiger partial charge in [0.15, 0.2) is 0 Å². The van der Waals surface area contributed by atoms with Crippen molar-refractivity contribution in [2.45, 2.75) is 38.6 Å². The van der Waals surface area contributed by atoms with E-state index in [0.717, 1.165) is 17.5 Å². The van der Waals surface area contributed by atoms with Gasteiger partial charge in [-0.2, -0.15) is 0 Å². The van der Waals surface area contributed by atoms with Crippen LogP contribution < -0.4 is 5.32 Å². The highest BCUT2D eigenvalue weighted by atomic mass is 16.3. The van der Waals surface area contributed by atoms with Crippen molar-refractivity contribution in [3.8, 4) is 5.75 Å². The van der Waals surface area contributed by atoms with Crippen LogP contribution in [0.2, 0.25) is 0 Å². The summed E-state index contributed by atoms with van der Waals surface area (Å²) in [6.45, 7) is 6.29. The summed E-state index contributed by atoms with van der Waals surface area (Å²) in [6.07, 6.45) is 1.05. The van der Waals surface area contributed by atoms with Gasteiger partial charge in [0.25, 0.3) is 0 Å². The van der Waals surface area contributed by atoms with Gasteiger partial charge in [-0.15, -0.1) is 0 Å². The number of anilines is 1. The van der Waals surface area contributed by atoms with E-state index in [2.05, 4.69) is 42.6 Å². The van der Waals surface area contributed by atoms with Gasteiger partial charge in [0.2, 0.25) is 0 Å². The number of hydrogen-bond donors (Lipinski definition) is 2. The van der Waals surface area contributed by atoms with E-state index in [1.807, 2.05) is 13.8 Å². The topological polar surface area (TPSA) is 32.3 Å². The van der Waals surface area contributed by atoms with Crippen molar-refractivity contribution < 1.29 is 5.11 Å². The van der Waals surface area contributed by atoms with Crippen LogP contribution in [0, 0.1) is 13.8 Å². The summed E-state index contributed by atoms with van der Waals surface area (Å²) in [4.78, 5) is 0. The monoisotopic (exact) mass is 265 g/mol. The minimum atomic E-state index is -0.0378. The standard InChI is InChI=1S/C18H19NO/c1-10-8-15-16(11(2)17(10)20)14-9-12-6-4-5-7-13(12)18(14,3)19-15/h4-8,14,19-20H,9H2,1-3H3. The quantitative estimate of drug-likeness (QED) is 0.706. The van der Waals surface area contributed by atoms with E-state index in [1.165, 1.54) is 22.4 Å². The molecule has 2 unspecified atom stereocenters. The van der Waals surface area contributed by atoms with Gasteiger partial charge < -0.3 is 10.4 Å². The van der Waals surface area contributed by atoms with Crippen LogP contribution in [0.5, 0.6) is 5.75 Å². The maximum atomic E-state index is 10.3. The van der Waals surface area contributed by atoms with Crippen LogP contribution in [-0.4, -0.2) is 5.11 Å². The van der Waals surface area contributed by atoms with Gasteiger partial charge in [-0.05, 0) is 61.1 Å². The first-order valence-corrected chi connectivity index (χ1v) is 7.22. The van der Waals surface area contributed by atoms with E-state index in [-0.39, 0.29) is 5.54 Å². The number of phenols is 1. The highest BCUT2D eigenvalue weighted by molar-refractivity contribution is 5.72. The lowest BCUT2D eigenvalue weighted by atomic mass is 9.83. The predicted octanol–water partition coefficient (Wildman–Crippen LogP) is 3.99. The van der Waals surface area contributed by atoms with Gasteiger partial charge in [0.1, 0.15) is 5.75 Å². The van der Waals surface area contributed by atoms with Crippen LogP contribution in [0.4, 0.5) is 5.69 Å². The summed E-state index contributed by atoms with van der Waals surface area (Å²) >= 11 is 0. The molecule has 2 aliphatic rings. The smallest absolute Gasteiger partial charge is 0.121 e. The molecule has 0 aromatic heterocycles. The predicted molar refractivity (Wildman–Crippen MR) is 81.4 cm³/mol. The minimum Gasteiger partial charge on any atom is -0.507 e. The molecular formula is C18H19NO. The number of hydrogen-bond acceptors (Lipinski definition) is 2. The third-order valence-corrected chi connectivity index (χ3v) is 5.22. The number of aryl methyl sites for hydroxylation is 1. The van der Waals surface area contributed by atoms with Crippen molar-refractivity contribution in [3.05, 3.63) is 58.1 Å². The molecule has 2 N–H and O–H groups in total. The molecule has 4 rings (SSSR count). The van der Waals surface area contributed by atoms with Gasteiger partial charge in [-0.25, -0.2) is 0 Å². The lowest BCUT2D eigenvalue weighted by Crippen LogP contribution is -2.29. The maximum absolute atomic E-state index is 10.3. The molecule has 2 aromatic carbocycles. The molecule has 102 valence electrons. The van der Waals surface area contributed by atoms with Crippen LogP contribution in [0.1, 0.15) is 40.7 Å². The van der Waals surface area contributed by atoms with E-state index in [9.17, 15) is 5.11 Å². The third-order valence-electron chi connectivity index (χ3n) is 5.22. The highest BCUT2D eigenvalue weighted by Gasteiger charge is 2.49. The molecule has 1 aliphatic heterocycles. The Balaban J connectivity index is 1.95. The lowest BCUT2D eigenvalue weighted by molar-refractivity contribution is 0.460. The van der Waals surface area contributed by atoms with Crippen molar-refractivity contribution in [2.75, 3.05) is 5.32 Å². The zero-order chi connectivity index (χ0) is 14.1. The van der Waals surface area contributed by atoms with Crippen molar-refractivity contribution in [1.29, 1.82) is 0 Å². The second kappa shape index (κ2) is 3.57. The van der Waals surface area contributed by atoms with Gasteiger partial charge in [0.05, 0.1) is 5.54 Å². The normalized spacial score (nSPS) is 25.9. The van der Waals surface area contributed by atoms with E-state index in [4.69, 9.17) is 0 Å². The molecule has 0 spiro atoms. The zero-order valence-electron chi connectivity index (χ0n) is 12.1. The number of benzene rings is 2. The number of aromatic hydroxyl groups is 1. The van der Waals surface area contributed by atoms with Crippen molar-refractivity contribution in [2.24, 2.45) is 0 Å². The summed E-state index contributed by atoms with van der Waals surface area (Å²) in [5.74, 6) is 0.868. The first kappa shape index (κ1) is 11.8. The summed E-state index contributed by atoms with van der Waals surface area (Å²) in [6, 6.07) is 10.8. The molecule has 0 saturated carbocycles. The average Bonchev–Trinajstić information content (AvgIpc) is 2.85. The second-order valence-electron chi connectivity index (χ2n) is 6.37. The Morgan fingerprint density at radius 3 is 2.80 bits per heavy atom. The Morgan fingerprint density at radius 2 is 2.00 bits per heavy atom. The number of rotatable bonds is 0. The number of nitrogens with one attached hydrogen (secondary N) is 1. The van der Waals surface area contributed by atoms with Crippen LogP contribution in [0.15, 0.2) is 30.3 Å². The first-order chi connectivity index (χ1) is 9.52. The molecule has 1 heterocycles. The SMILES string of the molecule is Cc1cc2c(c(C)c1O)C1Cc3ccccc3C1(C)N2. The maximum Gasteiger partial charge on any atom is 0.121 e. The van der Waals surface area contributed by atoms with Crippen molar-refractivity contribution in [3.63, 3.8) is 0 Å². The fourth-order valence-corrected chi connectivity index (χ4v) is 4.18. The first-order valence-electron chi connectivity index (χ1n) is 7.22. The molecule has 2 atom stereocenters. The van der Waals surface area contributed by atoms with E-state index in [1.54, 1.807) is 0 Å². The summed E-state index contributed by atoms with van der Waals surface area (Å²) in [5.41, 5.74) is 7.27. The largest absolute Gasteiger partial charge is 0.507 e. The molecule has 0 fully saturated rings. The highest BCUT2D eigenvalue weighted by Crippen LogP contribution is 2.57. The Hall–Kier alpha value is -1.96. The molecule has 20 heavy (non-hydrogen) atoms. The van der Waals surface area contributed by atoms with E-state index >= 15 is 0 Å². The lowest BCUT2D eigenvalue weighted by Gasteiger charge is -2.27. The molecule has 0 saturated heterocycles. The third kappa shape index (κ3) is 1.24. The molecule has 0 bridgehead atoms. The molecule has 0 radical (unpaired) electrons. The van der Waals surface area contributed by atoms with Crippen LogP contribution in [-0.2, 0) is 12.0 Å². The zero-order valence-corrected chi connectivity index (χ0v) is 12.1. The minimum absolute atomic E-state index is 0.0378. The summed E-state index contributed by atoms with van der Waals surface area (Å²) in [5, 5.41) is 14.0. The van der Waals surface area contributed by atoms with Crippen LogP contribution in [0.25, 0.3) is 0 Å². The van der Waals surface area contributed by atoms with Crippen LogP contribution >= 0.6 is 0 Å².